The summed E-state index contributed by atoms with van der Waals surface area (Å²) in [6.45, 7) is 11.4. The van der Waals surface area contributed by atoms with Gasteiger partial charge in [-0.3, -0.25) is 14.4 Å². The molecule has 392 valence electrons. The molecular formula is C60H116O6. The Bertz CT molecular complexity index is 1010. The van der Waals surface area contributed by atoms with Gasteiger partial charge in [-0.1, -0.05) is 298 Å². The van der Waals surface area contributed by atoms with E-state index in [-0.39, 0.29) is 31.1 Å². The number of carbonyl (C=O) groups is 3. The number of carbonyl (C=O) groups excluding carboxylic acids is 3. The fourth-order valence-electron chi connectivity index (χ4n) is 9.20. The van der Waals surface area contributed by atoms with E-state index in [9.17, 15) is 14.4 Å². The first kappa shape index (κ1) is 64.4. The maximum Gasteiger partial charge on any atom is 0.306 e. The van der Waals surface area contributed by atoms with E-state index in [1.165, 1.54) is 225 Å². The minimum atomic E-state index is -0.763. The SMILES string of the molecule is CCCCCCCCCCCCCCCCCCCCCC(=O)O[C@H](COC(=O)CCCCCCCCCCCCCCCCCCC(C)C)COC(=O)CCCCCCCCC(C)CC. The Labute approximate surface area is 412 Å². The maximum absolute atomic E-state index is 12.9. The van der Waals surface area contributed by atoms with E-state index in [1.54, 1.807) is 0 Å². The van der Waals surface area contributed by atoms with Crippen LogP contribution in [0.15, 0.2) is 0 Å². The second-order valence-corrected chi connectivity index (χ2v) is 21.4. The lowest BCUT2D eigenvalue weighted by atomic mass is 10.00. The summed E-state index contributed by atoms with van der Waals surface area (Å²) in [5, 5.41) is 0. The minimum Gasteiger partial charge on any atom is -0.462 e. The van der Waals surface area contributed by atoms with Crippen LogP contribution in [0, 0.1) is 11.8 Å². The third-order valence-corrected chi connectivity index (χ3v) is 14.1. The van der Waals surface area contributed by atoms with Crippen molar-refractivity contribution < 1.29 is 28.6 Å². The van der Waals surface area contributed by atoms with Crippen molar-refractivity contribution in [2.24, 2.45) is 11.8 Å². The van der Waals surface area contributed by atoms with Crippen LogP contribution in [0.1, 0.15) is 336 Å². The van der Waals surface area contributed by atoms with Gasteiger partial charge in [-0.15, -0.1) is 0 Å². The van der Waals surface area contributed by atoms with Crippen LogP contribution >= 0.6 is 0 Å². The molecule has 6 heteroatoms. The van der Waals surface area contributed by atoms with Crippen molar-refractivity contribution >= 4 is 17.9 Å². The highest BCUT2D eigenvalue weighted by Gasteiger charge is 2.19. The van der Waals surface area contributed by atoms with E-state index >= 15 is 0 Å². The number of hydrogen-bond donors (Lipinski definition) is 0. The largest absolute Gasteiger partial charge is 0.462 e. The van der Waals surface area contributed by atoms with E-state index in [0.29, 0.717) is 19.3 Å². The van der Waals surface area contributed by atoms with Gasteiger partial charge in [0, 0.05) is 19.3 Å². The van der Waals surface area contributed by atoms with E-state index in [0.717, 1.165) is 69.6 Å². The normalized spacial score (nSPS) is 12.5. The van der Waals surface area contributed by atoms with Crippen molar-refractivity contribution in [3.63, 3.8) is 0 Å². The Balaban J connectivity index is 4.23. The molecule has 0 saturated carbocycles. The van der Waals surface area contributed by atoms with Gasteiger partial charge >= 0.3 is 17.9 Å². The van der Waals surface area contributed by atoms with Crippen LogP contribution < -0.4 is 0 Å². The van der Waals surface area contributed by atoms with Crippen LogP contribution in [-0.4, -0.2) is 37.2 Å². The summed E-state index contributed by atoms with van der Waals surface area (Å²) in [7, 11) is 0. The highest BCUT2D eigenvalue weighted by Crippen LogP contribution is 2.19. The van der Waals surface area contributed by atoms with E-state index in [1.807, 2.05) is 0 Å². The predicted octanol–water partition coefficient (Wildman–Crippen LogP) is 19.7. The van der Waals surface area contributed by atoms with Crippen LogP contribution in [-0.2, 0) is 28.6 Å². The first-order chi connectivity index (χ1) is 32.3. The van der Waals surface area contributed by atoms with Crippen molar-refractivity contribution in [2.75, 3.05) is 13.2 Å². The van der Waals surface area contributed by atoms with Gasteiger partial charge in [0.25, 0.3) is 0 Å². The molecule has 0 saturated heterocycles. The summed E-state index contributed by atoms with van der Waals surface area (Å²) in [6, 6.07) is 0. The molecule has 0 radical (unpaired) electrons. The second kappa shape index (κ2) is 52.8. The zero-order valence-corrected chi connectivity index (χ0v) is 45.3. The van der Waals surface area contributed by atoms with Gasteiger partial charge in [-0.25, -0.2) is 0 Å². The molecule has 0 aromatic carbocycles. The van der Waals surface area contributed by atoms with Crippen molar-refractivity contribution in [3.05, 3.63) is 0 Å². The van der Waals surface area contributed by atoms with Gasteiger partial charge in [-0.05, 0) is 31.1 Å². The average molecular weight is 934 g/mol. The first-order valence-electron chi connectivity index (χ1n) is 29.8. The Morgan fingerprint density at radius 2 is 0.576 bits per heavy atom. The number of hydrogen-bond acceptors (Lipinski definition) is 6. The lowest BCUT2D eigenvalue weighted by Crippen LogP contribution is -2.30. The lowest BCUT2D eigenvalue weighted by molar-refractivity contribution is -0.167. The smallest absolute Gasteiger partial charge is 0.306 e. The molecule has 0 fully saturated rings. The number of esters is 3. The zero-order valence-electron chi connectivity index (χ0n) is 45.3. The van der Waals surface area contributed by atoms with Gasteiger partial charge in [0.05, 0.1) is 0 Å². The topological polar surface area (TPSA) is 78.9 Å². The minimum absolute atomic E-state index is 0.0634. The molecule has 0 aliphatic carbocycles. The summed E-state index contributed by atoms with van der Waals surface area (Å²) in [6.07, 6.45) is 56.8. The van der Waals surface area contributed by atoms with Crippen molar-refractivity contribution in [1.82, 2.24) is 0 Å². The molecule has 0 rings (SSSR count). The highest BCUT2D eigenvalue weighted by atomic mass is 16.6. The molecule has 0 heterocycles. The molecule has 0 spiro atoms. The van der Waals surface area contributed by atoms with Crippen LogP contribution in [0.3, 0.4) is 0 Å². The molecule has 0 aromatic heterocycles. The monoisotopic (exact) mass is 933 g/mol. The molecule has 0 bridgehead atoms. The van der Waals surface area contributed by atoms with Gasteiger partial charge in [-0.2, -0.15) is 0 Å². The predicted molar refractivity (Wildman–Crippen MR) is 284 cm³/mol. The summed E-state index contributed by atoms with van der Waals surface area (Å²) < 4.78 is 16.9. The number of unbranched alkanes of at least 4 members (excludes halogenated alkanes) is 38. The van der Waals surface area contributed by atoms with Crippen LogP contribution in [0.2, 0.25) is 0 Å². The van der Waals surface area contributed by atoms with E-state index in [2.05, 4.69) is 34.6 Å². The second-order valence-electron chi connectivity index (χ2n) is 21.4. The van der Waals surface area contributed by atoms with Gasteiger partial charge in [0.1, 0.15) is 13.2 Å². The lowest BCUT2D eigenvalue weighted by Gasteiger charge is -2.18. The molecule has 0 aliphatic rings. The van der Waals surface area contributed by atoms with Crippen molar-refractivity contribution in [1.29, 1.82) is 0 Å². The van der Waals surface area contributed by atoms with Gasteiger partial charge < -0.3 is 14.2 Å². The van der Waals surface area contributed by atoms with Crippen LogP contribution in [0.25, 0.3) is 0 Å². The molecule has 0 amide bonds. The van der Waals surface area contributed by atoms with E-state index < -0.39 is 6.10 Å². The third kappa shape index (κ3) is 51.8. The molecule has 0 aliphatic heterocycles. The highest BCUT2D eigenvalue weighted by molar-refractivity contribution is 5.71. The molecule has 6 nitrogen and oxygen atoms in total. The summed E-state index contributed by atoms with van der Waals surface area (Å²) in [5.41, 5.74) is 0. The van der Waals surface area contributed by atoms with Crippen LogP contribution in [0.4, 0.5) is 0 Å². The Hall–Kier alpha value is -1.59. The standard InChI is InChI=1S/C60H116O6/c1-6-8-9-10-11-12-13-14-15-16-17-18-23-26-29-32-35-42-47-52-60(63)66-57(54-65-59(62)51-46-41-37-36-39-44-49-56(5)7-2)53-64-58(61)50-45-40-34-31-28-25-22-20-19-21-24-27-30-33-38-43-48-55(3)4/h55-57H,6-54H2,1-5H3/t56?,57-/m1/s1. The van der Waals surface area contributed by atoms with Gasteiger partial charge in [0.2, 0.25) is 0 Å². The molecule has 2 atom stereocenters. The summed E-state index contributed by atoms with van der Waals surface area (Å²) in [4.78, 5) is 38.1. The Morgan fingerprint density at radius 1 is 0.318 bits per heavy atom. The number of rotatable bonds is 54. The van der Waals surface area contributed by atoms with Crippen molar-refractivity contribution in [3.8, 4) is 0 Å². The molecule has 0 aromatic rings. The zero-order chi connectivity index (χ0) is 48.2. The molecule has 66 heavy (non-hydrogen) atoms. The summed E-state index contributed by atoms with van der Waals surface area (Å²) in [5.74, 6) is 0.825. The quantitative estimate of drug-likeness (QED) is 0.0343. The van der Waals surface area contributed by atoms with Gasteiger partial charge in [0.15, 0.2) is 6.10 Å². The Kier molecular flexibility index (Phi) is 51.5. The van der Waals surface area contributed by atoms with E-state index in [4.69, 9.17) is 14.2 Å². The first-order valence-corrected chi connectivity index (χ1v) is 29.8. The van der Waals surface area contributed by atoms with Crippen molar-refractivity contribution in [2.45, 2.75) is 343 Å². The fourth-order valence-corrected chi connectivity index (χ4v) is 9.20. The molecule has 0 N–H and O–H groups in total. The third-order valence-electron chi connectivity index (χ3n) is 14.1. The maximum atomic E-state index is 12.9. The number of ether oxygens (including phenoxy) is 3. The Morgan fingerprint density at radius 3 is 0.864 bits per heavy atom. The average Bonchev–Trinajstić information content (AvgIpc) is 3.30. The fraction of sp³-hybridized carbons (Fsp3) is 0.950. The molecular weight excluding hydrogens is 817 g/mol. The summed E-state index contributed by atoms with van der Waals surface area (Å²) >= 11 is 0. The van der Waals surface area contributed by atoms with Crippen LogP contribution in [0.5, 0.6) is 0 Å². The molecule has 1 unspecified atom stereocenters.